The SMILES string of the molecule is C[C@H]1Oc2ccc([N+](=O)[O-])cc2C12CCNCC2. The number of hydrogen-bond donors (Lipinski definition) is 1. The molecule has 2 heterocycles. The van der Waals surface area contributed by atoms with Crippen LogP contribution in [-0.2, 0) is 5.41 Å². The fraction of sp³-hybridized carbons (Fsp3) is 0.538. The van der Waals surface area contributed by atoms with E-state index in [1.807, 2.05) is 0 Å². The topological polar surface area (TPSA) is 64.4 Å². The summed E-state index contributed by atoms with van der Waals surface area (Å²) in [6, 6.07) is 4.95. The van der Waals surface area contributed by atoms with Crippen molar-refractivity contribution in [1.82, 2.24) is 5.32 Å². The highest BCUT2D eigenvalue weighted by molar-refractivity contribution is 5.51. The highest BCUT2D eigenvalue weighted by Gasteiger charge is 2.47. The van der Waals surface area contributed by atoms with E-state index in [0.717, 1.165) is 37.2 Å². The lowest BCUT2D eigenvalue weighted by Crippen LogP contribution is -2.45. The van der Waals surface area contributed by atoms with Gasteiger partial charge in [-0.2, -0.15) is 0 Å². The molecule has 0 unspecified atom stereocenters. The largest absolute Gasteiger partial charge is 0.489 e. The van der Waals surface area contributed by atoms with Gasteiger partial charge < -0.3 is 10.1 Å². The van der Waals surface area contributed by atoms with E-state index in [1.165, 1.54) is 6.07 Å². The Balaban J connectivity index is 2.09. The second-order valence-electron chi connectivity index (χ2n) is 5.10. The minimum Gasteiger partial charge on any atom is -0.489 e. The maximum atomic E-state index is 10.9. The zero-order valence-electron chi connectivity index (χ0n) is 10.3. The average Bonchev–Trinajstić information content (AvgIpc) is 2.63. The van der Waals surface area contributed by atoms with Crippen LogP contribution in [0.25, 0.3) is 0 Å². The molecule has 2 aliphatic heterocycles. The smallest absolute Gasteiger partial charge is 0.269 e. The number of rotatable bonds is 1. The molecule has 0 amide bonds. The maximum Gasteiger partial charge on any atom is 0.269 e. The molecule has 3 rings (SSSR count). The fourth-order valence-corrected chi connectivity index (χ4v) is 3.19. The van der Waals surface area contributed by atoms with Crippen molar-refractivity contribution in [3.63, 3.8) is 0 Å². The summed E-state index contributed by atoms with van der Waals surface area (Å²) in [5.41, 5.74) is 1.13. The van der Waals surface area contributed by atoms with Gasteiger partial charge in [0.2, 0.25) is 0 Å². The van der Waals surface area contributed by atoms with Crippen molar-refractivity contribution in [2.75, 3.05) is 13.1 Å². The summed E-state index contributed by atoms with van der Waals surface area (Å²) in [6.07, 6.45) is 2.04. The third-order valence-corrected chi connectivity index (χ3v) is 4.29. The molecule has 18 heavy (non-hydrogen) atoms. The number of nitrogens with one attached hydrogen (secondary N) is 1. The first-order chi connectivity index (χ1) is 8.63. The average molecular weight is 248 g/mol. The van der Waals surface area contributed by atoms with Gasteiger partial charge in [-0.25, -0.2) is 0 Å². The van der Waals surface area contributed by atoms with E-state index in [1.54, 1.807) is 12.1 Å². The predicted octanol–water partition coefficient (Wildman–Crippen LogP) is 2.00. The summed E-state index contributed by atoms with van der Waals surface area (Å²) in [4.78, 5) is 10.6. The van der Waals surface area contributed by atoms with Gasteiger partial charge in [-0.15, -0.1) is 0 Å². The van der Waals surface area contributed by atoms with Gasteiger partial charge >= 0.3 is 0 Å². The van der Waals surface area contributed by atoms with Crippen molar-refractivity contribution in [3.8, 4) is 5.75 Å². The summed E-state index contributed by atoms with van der Waals surface area (Å²) in [5.74, 6) is 0.815. The zero-order chi connectivity index (χ0) is 12.8. The third-order valence-electron chi connectivity index (χ3n) is 4.29. The second-order valence-corrected chi connectivity index (χ2v) is 5.10. The Labute approximate surface area is 105 Å². The van der Waals surface area contributed by atoms with E-state index < -0.39 is 0 Å². The Hall–Kier alpha value is -1.62. The van der Waals surface area contributed by atoms with Gasteiger partial charge in [0, 0.05) is 23.1 Å². The molecule has 1 saturated heterocycles. The van der Waals surface area contributed by atoms with E-state index in [9.17, 15) is 10.1 Å². The number of fused-ring (bicyclic) bond motifs is 2. The van der Waals surface area contributed by atoms with E-state index >= 15 is 0 Å². The molecule has 1 atom stereocenters. The van der Waals surface area contributed by atoms with Crippen molar-refractivity contribution >= 4 is 5.69 Å². The monoisotopic (exact) mass is 248 g/mol. The van der Waals surface area contributed by atoms with Gasteiger partial charge in [-0.3, -0.25) is 10.1 Å². The van der Waals surface area contributed by atoms with Crippen LogP contribution < -0.4 is 10.1 Å². The van der Waals surface area contributed by atoms with Crippen molar-refractivity contribution in [1.29, 1.82) is 0 Å². The van der Waals surface area contributed by atoms with Crippen molar-refractivity contribution < 1.29 is 9.66 Å². The lowest BCUT2D eigenvalue weighted by atomic mass is 9.71. The normalized spacial score (nSPS) is 24.6. The van der Waals surface area contributed by atoms with Gasteiger partial charge in [0.05, 0.1) is 4.92 Å². The summed E-state index contributed by atoms with van der Waals surface area (Å²) >= 11 is 0. The summed E-state index contributed by atoms with van der Waals surface area (Å²) in [5, 5.41) is 14.2. The molecule has 2 aliphatic rings. The number of piperidine rings is 1. The lowest BCUT2D eigenvalue weighted by Gasteiger charge is -2.36. The van der Waals surface area contributed by atoms with Gasteiger partial charge in [0.15, 0.2) is 0 Å². The maximum absolute atomic E-state index is 10.9. The quantitative estimate of drug-likeness (QED) is 0.610. The number of hydrogen-bond acceptors (Lipinski definition) is 4. The molecule has 1 N–H and O–H groups in total. The van der Waals surface area contributed by atoms with Crippen LogP contribution in [0.15, 0.2) is 18.2 Å². The molecule has 0 bridgehead atoms. The van der Waals surface area contributed by atoms with E-state index in [-0.39, 0.29) is 22.1 Å². The first-order valence-corrected chi connectivity index (χ1v) is 6.30. The van der Waals surface area contributed by atoms with Crippen molar-refractivity contribution in [2.45, 2.75) is 31.3 Å². The zero-order valence-corrected chi connectivity index (χ0v) is 10.3. The number of nitro groups is 1. The molecule has 1 aromatic rings. The number of benzene rings is 1. The second kappa shape index (κ2) is 3.95. The van der Waals surface area contributed by atoms with Crippen LogP contribution in [-0.4, -0.2) is 24.1 Å². The van der Waals surface area contributed by atoms with Crippen LogP contribution in [0.3, 0.4) is 0 Å². The van der Waals surface area contributed by atoms with Crippen LogP contribution in [0.1, 0.15) is 25.3 Å². The number of nitro benzene ring substituents is 1. The molecular formula is C13H16N2O3. The first-order valence-electron chi connectivity index (χ1n) is 6.30. The highest BCUT2D eigenvalue weighted by Crippen LogP contribution is 2.49. The van der Waals surface area contributed by atoms with Crippen molar-refractivity contribution in [3.05, 3.63) is 33.9 Å². The number of non-ortho nitro benzene ring substituents is 1. The summed E-state index contributed by atoms with van der Waals surface area (Å²) < 4.78 is 5.88. The molecule has 5 nitrogen and oxygen atoms in total. The molecule has 1 spiro atoms. The third kappa shape index (κ3) is 1.50. The standard InChI is InChI=1S/C13H16N2O3/c1-9-13(4-6-14-7-5-13)11-8-10(15(16)17)2-3-12(11)18-9/h2-3,8-9,14H,4-7H2,1H3/t9-/m1/s1. The number of ether oxygens (including phenoxy) is 1. The Morgan fingerprint density at radius 1 is 1.44 bits per heavy atom. The summed E-state index contributed by atoms with van der Waals surface area (Å²) in [7, 11) is 0. The lowest BCUT2D eigenvalue weighted by molar-refractivity contribution is -0.385. The predicted molar refractivity (Wildman–Crippen MR) is 67.0 cm³/mol. The number of nitrogens with zero attached hydrogens (tertiary/aromatic N) is 1. The molecule has 1 fully saturated rings. The molecular weight excluding hydrogens is 232 g/mol. The van der Waals surface area contributed by atoms with Crippen LogP contribution in [0.5, 0.6) is 5.75 Å². The van der Waals surface area contributed by atoms with Gasteiger partial charge in [-0.1, -0.05) is 0 Å². The van der Waals surface area contributed by atoms with E-state index in [4.69, 9.17) is 4.74 Å². The Kier molecular flexibility index (Phi) is 2.52. The minimum absolute atomic E-state index is 0.0490. The van der Waals surface area contributed by atoms with E-state index in [0.29, 0.717) is 0 Å². The van der Waals surface area contributed by atoms with Crippen LogP contribution in [0.2, 0.25) is 0 Å². The van der Waals surface area contributed by atoms with Crippen LogP contribution >= 0.6 is 0 Å². The molecule has 96 valence electrons. The Morgan fingerprint density at radius 2 is 2.17 bits per heavy atom. The Morgan fingerprint density at radius 3 is 2.83 bits per heavy atom. The molecule has 0 saturated carbocycles. The van der Waals surface area contributed by atoms with Crippen LogP contribution in [0.4, 0.5) is 5.69 Å². The molecule has 5 heteroatoms. The molecule has 0 aromatic heterocycles. The first kappa shape index (κ1) is 11.5. The molecule has 1 aromatic carbocycles. The fourth-order valence-electron chi connectivity index (χ4n) is 3.19. The molecule has 0 radical (unpaired) electrons. The van der Waals surface area contributed by atoms with Gasteiger partial charge in [0.1, 0.15) is 11.9 Å². The van der Waals surface area contributed by atoms with E-state index in [2.05, 4.69) is 12.2 Å². The van der Waals surface area contributed by atoms with Crippen molar-refractivity contribution in [2.24, 2.45) is 0 Å². The van der Waals surface area contributed by atoms with Gasteiger partial charge in [0.25, 0.3) is 5.69 Å². The molecule has 0 aliphatic carbocycles. The Bertz CT molecular complexity index is 495. The minimum atomic E-state index is -0.335. The van der Waals surface area contributed by atoms with Gasteiger partial charge in [-0.05, 0) is 38.9 Å². The van der Waals surface area contributed by atoms with Crippen LogP contribution in [0, 0.1) is 10.1 Å². The summed E-state index contributed by atoms with van der Waals surface area (Å²) in [6.45, 7) is 3.95. The highest BCUT2D eigenvalue weighted by atomic mass is 16.6.